The van der Waals surface area contributed by atoms with Gasteiger partial charge in [-0.2, -0.15) is 0 Å². The molecule has 0 radical (unpaired) electrons. The van der Waals surface area contributed by atoms with Gasteiger partial charge in [0, 0.05) is 24.6 Å². The summed E-state index contributed by atoms with van der Waals surface area (Å²) in [5.74, 6) is -1.37. The molecule has 2 atom stereocenters. The first kappa shape index (κ1) is 27.4. The molecule has 1 saturated carbocycles. The molecule has 1 aliphatic carbocycles. The number of hydrogen-bond acceptors (Lipinski definition) is 5. The zero-order valence-electron chi connectivity index (χ0n) is 20.0. The van der Waals surface area contributed by atoms with Gasteiger partial charge in [-0.3, -0.25) is 0 Å². The predicted molar refractivity (Wildman–Crippen MR) is 127 cm³/mol. The summed E-state index contributed by atoms with van der Waals surface area (Å²) >= 11 is 0. The Morgan fingerprint density at radius 1 is 1.16 bits per heavy atom. The standard InChI is InChI=1S/C21H34N2O.C4H4O4/c1-17-14-20(22-24-13-9-12-23(4)5)19(21(2,3)16-17)15-18-10-7-6-8-11-18;5-3(6)1-2-4(7)8/h6-8,10-11,17,19H,9,12-16H2,1-5H3;1-2H,(H,5,6)(H,7,8)/b22-20+;2-1+. The predicted octanol–water partition coefficient (Wildman–Crippen LogP) is 4.34. The van der Waals surface area contributed by atoms with E-state index in [-0.39, 0.29) is 5.41 Å². The van der Waals surface area contributed by atoms with E-state index in [4.69, 9.17) is 15.1 Å². The van der Waals surface area contributed by atoms with Crippen molar-refractivity contribution in [2.24, 2.45) is 22.4 Å². The van der Waals surface area contributed by atoms with E-state index in [1.54, 1.807) is 0 Å². The molecule has 2 N–H and O–H groups in total. The summed E-state index contributed by atoms with van der Waals surface area (Å²) in [5, 5.41) is 20.2. The van der Waals surface area contributed by atoms with Crippen LogP contribution in [0.3, 0.4) is 0 Å². The fourth-order valence-electron chi connectivity index (χ4n) is 4.12. The number of rotatable bonds is 9. The second-order valence-corrected chi connectivity index (χ2v) is 9.33. The number of nitrogens with zero attached hydrogens (tertiary/aromatic N) is 2. The van der Waals surface area contributed by atoms with E-state index in [0.29, 0.717) is 30.6 Å². The first-order valence-electron chi connectivity index (χ1n) is 11.0. The SMILES string of the molecule is CC1C/C(=N\OCCCN(C)C)C(Cc2ccccc2)C(C)(C)C1.O=C(O)/C=C/C(=O)O. The van der Waals surface area contributed by atoms with Gasteiger partial charge in [0.15, 0.2) is 0 Å². The highest BCUT2D eigenvalue weighted by molar-refractivity contribution is 5.89. The normalized spacial score (nSPS) is 21.2. The average Bonchev–Trinajstić information content (AvgIpc) is 2.69. The lowest BCUT2D eigenvalue weighted by Gasteiger charge is -2.42. The molecule has 0 spiro atoms. The average molecular weight is 447 g/mol. The summed E-state index contributed by atoms with van der Waals surface area (Å²) < 4.78 is 0. The molecule has 2 unspecified atom stereocenters. The van der Waals surface area contributed by atoms with E-state index in [2.05, 4.69) is 75.3 Å². The Morgan fingerprint density at radius 3 is 2.28 bits per heavy atom. The topological polar surface area (TPSA) is 99.4 Å². The molecule has 1 aromatic carbocycles. The molecule has 0 amide bonds. The van der Waals surface area contributed by atoms with Crippen LogP contribution < -0.4 is 0 Å². The molecule has 0 saturated heterocycles. The maximum atomic E-state index is 9.55. The lowest BCUT2D eigenvalue weighted by Crippen LogP contribution is -2.40. The summed E-state index contributed by atoms with van der Waals surface area (Å²) in [5.41, 5.74) is 2.91. The van der Waals surface area contributed by atoms with Crippen LogP contribution >= 0.6 is 0 Å². The Morgan fingerprint density at radius 2 is 1.75 bits per heavy atom. The molecule has 1 aliphatic rings. The van der Waals surface area contributed by atoms with Gasteiger partial charge in [0.25, 0.3) is 0 Å². The molecule has 2 rings (SSSR count). The Balaban J connectivity index is 0.000000547. The lowest BCUT2D eigenvalue weighted by atomic mass is 9.63. The minimum absolute atomic E-state index is 0.263. The first-order chi connectivity index (χ1) is 15.0. The zero-order chi connectivity index (χ0) is 24.1. The monoisotopic (exact) mass is 446 g/mol. The highest BCUT2D eigenvalue weighted by Crippen LogP contribution is 2.43. The van der Waals surface area contributed by atoms with E-state index in [0.717, 1.165) is 25.8 Å². The van der Waals surface area contributed by atoms with Gasteiger partial charge in [0.2, 0.25) is 0 Å². The zero-order valence-corrected chi connectivity index (χ0v) is 20.0. The molecule has 178 valence electrons. The molecule has 7 nitrogen and oxygen atoms in total. The van der Waals surface area contributed by atoms with Crippen molar-refractivity contribution in [2.75, 3.05) is 27.2 Å². The molecule has 32 heavy (non-hydrogen) atoms. The van der Waals surface area contributed by atoms with Crippen LogP contribution in [0.15, 0.2) is 47.6 Å². The lowest BCUT2D eigenvalue weighted by molar-refractivity contribution is -0.134. The van der Waals surface area contributed by atoms with E-state index in [1.165, 1.54) is 17.7 Å². The van der Waals surface area contributed by atoms with Crippen LogP contribution in [-0.4, -0.2) is 60.0 Å². The molecule has 0 heterocycles. The number of carbonyl (C=O) groups is 2. The number of carboxylic acids is 2. The molecule has 1 aromatic rings. The summed E-state index contributed by atoms with van der Waals surface area (Å²) in [6.07, 6.45) is 5.51. The van der Waals surface area contributed by atoms with Crippen molar-refractivity contribution >= 4 is 17.7 Å². The van der Waals surface area contributed by atoms with E-state index < -0.39 is 11.9 Å². The summed E-state index contributed by atoms with van der Waals surface area (Å²) in [4.78, 5) is 27.0. The van der Waals surface area contributed by atoms with Gasteiger partial charge in [-0.1, -0.05) is 56.3 Å². The number of oxime groups is 1. The third-order valence-electron chi connectivity index (χ3n) is 5.45. The van der Waals surface area contributed by atoms with Crippen molar-refractivity contribution < 1.29 is 24.6 Å². The maximum absolute atomic E-state index is 9.55. The quantitative estimate of drug-likeness (QED) is 0.333. The maximum Gasteiger partial charge on any atom is 0.328 e. The third-order valence-corrected chi connectivity index (χ3v) is 5.45. The van der Waals surface area contributed by atoms with Crippen LogP contribution in [0.4, 0.5) is 0 Å². The van der Waals surface area contributed by atoms with Gasteiger partial charge in [0.1, 0.15) is 6.61 Å². The van der Waals surface area contributed by atoms with Crippen LogP contribution in [0, 0.1) is 17.3 Å². The van der Waals surface area contributed by atoms with E-state index in [9.17, 15) is 9.59 Å². The van der Waals surface area contributed by atoms with Gasteiger partial charge in [-0.25, -0.2) is 9.59 Å². The van der Waals surface area contributed by atoms with Crippen molar-refractivity contribution in [3.05, 3.63) is 48.0 Å². The van der Waals surface area contributed by atoms with Crippen molar-refractivity contribution in [3.63, 3.8) is 0 Å². The smallest absolute Gasteiger partial charge is 0.328 e. The van der Waals surface area contributed by atoms with Crippen LogP contribution in [0.2, 0.25) is 0 Å². The minimum atomic E-state index is -1.26. The second kappa shape index (κ2) is 13.7. The van der Waals surface area contributed by atoms with Crippen molar-refractivity contribution in [3.8, 4) is 0 Å². The molecule has 0 bridgehead atoms. The molecule has 0 aromatic heterocycles. The van der Waals surface area contributed by atoms with Gasteiger partial charge >= 0.3 is 11.9 Å². The van der Waals surface area contributed by atoms with E-state index >= 15 is 0 Å². The molecule has 1 fully saturated rings. The number of benzene rings is 1. The Bertz CT molecular complexity index is 756. The van der Waals surface area contributed by atoms with E-state index in [1.807, 2.05) is 0 Å². The first-order valence-corrected chi connectivity index (χ1v) is 11.0. The highest BCUT2D eigenvalue weighted by atomic mass is 16.6. The summed E-state index contributed by atoms with van der Waals surface area (Å²) in [6.45, 7) is 8.85. The Hall–Kier alpha value is -2.67. The number of aliphatic carboxylic acids is 2. The fourth-order valence-corrected chi connectivity index (χ4v) is 4.12. The number of hydrogen-bond donors (Lipinski definition) is 2. The van der Waals surface area contributed by atoms with Crippen molar-refractivity contribution in [1.82, 2.24) is 4.90 Å². The molecular weight excluding hydrogens is 408 g/mol. The van der Waals surface area contributed by atoms with Gasteiger partial charge in [-0.15, -0.1) is 0 Å². The Kier molecular flexibility index (Phi) is 11.7. The van der Waals surface area contributed by atoms with Crippen LogP contribution in [0.5, 0.6) is 0 Å². The van der Waals surface area contributed by atoms with Crippen molar-refractivity contribution in [1.29, 1.82) is 0 Å². The third kappa shape index (κ3) is 11.1. The molecular formula is C25H38N2O5. The summed E-state index contributed by atoms with van der Waals surface area (Å²) in [6, 6.07) is 10.8. The van der Waals surface area contributed by atoms with Crippen LogP contribution in [0.25, 0.3) is 0 Å². The minimum Gasteiger partial charge on any atom is -0.478 e. The van der Waals surface area contributed by atoms with Gasteiger partial charge in [0.05, 0.1) is 5.71 Å². The largest absolute Gasteiger partial charge is 0.478 e. The second-order valence-electron chi connectivity index (χ2n) is 9.33. The van der Waals surface area contributed by atoms with Gasteiger partial charge in [-0.05, 0) is 56.7 Å². The van der Waals surface area contributed by atoms with Crippen LogP contribution in [-0.2, 0) is 20.8 Å². The molecule has 7 heteroatoms. The van der Waals surface area contributed by atoms with Gasteiger partial charge < -0.3 is 20.0 Å². The van der Waals surface area contributed by atoms with Crippen LogP contribution in [0.1, 0.15) is 45.6 Å². The summed E-state index contributed by atoms with van der Waals surface area (Å²) in [7, 11) is 4.18. The fraction of sp³-hybridized carbons (Fsp3) is 0.560. The Labute approximate surface area is 191 Å². The highest BCUT2D eigenvalue weighted by Gasteiger charge is 2.39. The van der Waals surface area contributed by atoms with Crippen molar-refractivity contribution in [2.45, 2.75) is 46.5 Å². The molecule has 0 aliphatic heterocycles. The number of carboxylic acid groups (broad SMARTS) is 2.